The van der Waals surface area contributed by atoms with Crippen LogP contribution in [0.1, 0.15) is 43.2 Å². The molecule has 3 rings (SSSR count). The summed E-state index contributed by atoms with van der Waals surface area (Å²) in [4.78, 5) is 12.2. The van der Waals surface area contributed by atoms with Crippen LogP contribution in [0, 0.1) is 6.92 Å². The molecule has 1 heterocycles. The van der Waals surface area contributed by atoms with Gasteiger partial charge in [0.1, 0.15) is 5.75 Å². The predicted octanol–water partition coefficient (Wildman–Crippen LogP) is 5.20. The van der Waals surface area contributed by atoms with Crippen molar-refractivity contribution >= 4 is 23.4 Å². The normalized spacial score (nSPS) is 11.8. The first-order valence-electron chi connectivity index (χ1n) is 9.58. The fourth-order valence-electron chi connectivity index (χ4n) is 2.66. The van der Waals surface area contributed by atoms with Crippen LogP contribution in [0.5, 0.6) is 5.75 Å². The van der Waals surface area contributed by atoms with Gasteiger partial charge in [-0.2, -0.15) is 0 Å². The van der Waals surface area contributed by atoms with E-state index in [2.05, 4.69) is 41.5 Å². The molecule has 1 N–H and O–H groups in total. The fourth-order valence-corrected chi connectivity index (χ4v) is 3.24. The number of carbonyl (C=O) groups excluding carboxylic acids is 1. The molecule has 152 valence electrons. The van der Waals surface area contributed by atoms with Crippen LogP contribution >= 0.6 is 11.8 Å². The molecule has 0 aliphatic rings. The average Bonchev–Trinajstić information content (AvgIpc) is 3.19. The lowest BCUT2D eigenvalue weighted by Crippen LogP contribution is -2.14. The van der Waals surface area contributed by atoms with Crippen molar-refractivity contribution in [3.8, 4) is 5.75 Å². The SMILES string of the molecule is CC[C@@H](C)c1ccc(NC(=O)CSc2nnc(COc3cccc(C)c3)o2)cc1. The van der Waals surface area contributed by atoms with E-state index in [9.17, 15) is 4.79 Å². The van der Waals surface area contributed by atoms with E-state index in [0.29, 0.717) is 17.0 Å². The number of hydrogen-bond donors (Lipinski definition) is 1. The number of anilines is 1. The number of benzene rings is 2. The van der Waals surface area contributed by atoms with E-state index in [4.69, 9.17) is 9.15 Å². The van der Waals surface area contributed by atoms with E-state index in [-0.39, 0.29) is 18.3 Å². The number of aromatic nitrogens is 2. The zero-order valence-corrected chi connectivity index (χ0v) is 17.7. The number of thioether (sulfide) groups is 1. The van der Waals surface area contributed by atoms with Gasteiger partial charge >= 0.3 is 0 Å². The van der Waals surface area contributed by atoms with E-state index in [1.54, 1.807) is 0 Å². The highest BCUT2D eigenvalue weighted by Crippen LogP contribution is 2.21. The van der Waals surface area contributed by atoms with Crippen LogP contribution in [0.15, 0.2) is 58.2 Å². The summed E-state index contributed by atoms with van der Waals surface area (Å²) >= 11 is 1.20. The Morgan fingerprint density at radius 3 is 2.72 bits per heavy atom. The van der Waals surface area contributed by atoms with Gasteiger partial charge in [0.25, 0.3) is 11.1 Å². The minimum Gasteiger partial charge on any atom is -0.484 e. The number of nitrogens with zero attached hydrogens (tertiary/aromatic N) is 2. The molecule has 0 unspecified atom stereocenters. The van der Waals surface area contributed by atoms with E-state index < -0.39 is 0 Å². The number of aryl methyl sites for hydroxylation is 1. The topological polar surface area (TPSA) is 77.2 Å². The van der Waals surface area contributed by atoms with Crippen molar-refractivity contribution in [2.75, 3.05) is 11.1 Å². The van der Waals surface area contributed by atoms with Gasteiger partial charge in [-0.1, -0.05) is 49.9 Å². The van der Waals surface area contributed by atoms with Crippen LogP contribution in [0.4, 0.5) is 5.69 Å². The maximum absolute atomic E-state index is 12.2. The first-order valence-corrected chi connectivity index (χ1v) is 10.6. The number of amides is 1. The monoisotopic (exact) mass is 411 g/mol. The molecule has 2 aromatic carbocycles. The van der Waals surface area contributed by atoms with Crippen LogP contribution in [0.2, 0.25) is 0 Å². The number of carbonyl (C=O) groups is 1. The Bertz CT molecular complexity index is 940. The van der Waals surface area contributed by atoms with Crippen LogP contribution in [0.25, 0.3) is 0 Å². The van der Waals surface area contributed by atoms with Crippen LogP contribution < -0.4 is 10.1 Å². The minimum absolute atomic E-state index is 0.123. The highest BCUT2D eigenvalue weighted by molar-refractivity contribution is 7.99. The molecule has 0 saturated heterocycles. The van der Waals surface area contributed by atoms with Gasteiger partial charge in [0, 0.05) is 5.69 Å². The Labute approximate surface area is 175 Å². The third kappa shape index (κ3) is 6.35. The van der Waals surface area contributed by atoms with Crippen molar-refractivity contribution in [2.45, 2.75) is 44.9 Å². The van der Waals surface area contributed by atoms with E-state index in [1.807, 2.05) is 43.3 Å². The van der Waals surface area contributed by atoms with Gasteiger partial charge < -0.3 is 14.5 Å². The summed E-state index contributed by atoms with van der Waals surface area (Å²) in [7, 11) is 0. The summed E-state index contributed by atoms with van der Waals surface area (Å²) in [6, 6.07) is 15.7. The maximum atomic E-state index is 12.2. The van der Waals surface area contributed by atoms with Crippen molar-refractivity contribution in [3.05, 3.63) is 65.5 Å². The summed E-state index contributed by atoms with van der Waals surface area (Å²) in [5, 5.41) is 11.1. The summed E-state index contributed by atoms with van der Waals surface area (Å²) in [6.45, 7) is 6.54. The van der Waals surface area contributed by atoms with Crippen molar-refractivity contribution in [2.24, 2.45) is 0 Å². The van der Waals surface area contributed by atoms with Gasteiger partial charge in [-0.3, -0.25) is 4.79 Å². The largest absolute Gasteiger partial charge is 0.484 e. The molecule has 1 aromatic heterocycles. The Kier molecular flexibility index (Phi) is 7.30. The van der Waals surface area contributed by atoms with Crippen molar-refractivity contribution in [3.63, 3.8) is 0 Å². The maximum Gasteiger partial charge on any atom is 0.277 e. The number of hydrogen-bond acceptors (Lipinski definition) is 6. The molecule has 0 aliphatic heterocycles. The van der Waals surface area contributed by atoms with E-state index in [1.165, 1.54) is 17.3 Å². The van der Waals surface area contributed by atoms with Crippen LogP contribution in [-0.4, -0.2) is 21.9 Å². The highest BCUT2D eigenvalue weighted by atomic mass is 32.2. The van der Waals surface area contributed by atoms with Gasteiger partial charge in [0.2, 0.25) is 5.91 Å². The molecule has 7 heteroatoms. The third-order valence-electron chi connectivity index (χ3n) is 4.50. The molecule has 0 saturated carbocycles. The Balaban J connectivity index is 1.44. The number of nitrogens with one attached hydrogen (secondary N) is 1. The van der Waals surface area contributed by atoms with Gasteiger partial charge in [0.05, 0.1) is 5.75 Å². The molecular weight excluding hydrogens is 386 g/mol. The lowest BCUT2D eigenvalue weighted by atomic mass is 9.99. The van der Waals surface area contributed by atoms with Crippen molar-refractivity contribution < 1.29 is 13.9 Å². The molecule has 0 radical (unpaired) electrons. The molecule has 6 nitrogen and oxygen atoms in total. The highest BCUT2D eigenvalue weighted by Gasteiger charge is 2.11. The molecular formula is C22H25N3O3S. The smallest absolute Gasteiger partial charge is 0.277 e. The van der Waals surface area contributed by atoms with Gasteiger partial charge in [-0.15, -0.1) is 10.2 Å². The Hall–Kier alpha value is -2.80. The van der Waals surface area contributed by atoms with E-state index in [0.717, 1.165) is 23.4 Å². The van der Waals surface area contributed by atoms with Crippen molar-refractivity contribution in [1.29, 1.82) is 0 Å². The first-order chi connectivity index (χ1) is 14.0. The van der Waals surface area contributed by atoms with Gasteiger partial charge in [-0.25, -0.2) is 0 Å². The Morgan fingerprint density at radius 1 is 1.21 bits per heavy atom. The van der Waals surface area contributed by atoms with E-state index >= 15 is 0 Å². The molecule has 1 amide bonds. The molecule has 29 heavy (non-hydrogen) atoms. The lowest BCUT2D eigenvalue weighted by molar-refractivity contribution is -0.113. The lowest BCUT2D eigenvalue weighted by Gasteiger charge is -2.10. The second-order valence-electron chi connectivity index (χ2n) is 6.84. The fraction of sp³-hybridized carbons (Fsp3) is 0.318. The predicted molar refractivity (Wildman–Crippen MR) is 114 cm³/mol. The average molecular weight is 412 g/mol. The van der Waals surface area contributed by atoms with Gasteiger partial charge in [0.15, 0.2) is 6.61 Å². The minimum atomic E-state index is -0.123. The number of rotatable bonds is 9. The zero-order valence-electron chi connectivity index (χ0n) is 16.8. The quantitative estimate of drug-likeness (QED) is 0.488. The molecule has 0 bridgehead atoms. The summed E-state index contributed by atoms with van der Waals surface area (Å²) < 4.78 is 11.2. The standard InChI is InChI=1S/C22H25N3O3S/c1-4-16(3)17-8-10-18(11-9-17)23-20(26)14-29-22-25-24-21(28-22)13-27-19-7-5-6-15(2)12-19/h5-12,16H,4,13-14H2,1-3H3,(H,23,26)/t16-/m1/s1. The van der Waals surface area contributed by atoms with Gasteiger partial charge in [-0.05, 0) is 54.7 Å². The second-order valence-corrected chi connectivity index (χ2v) is 7.76. The molecule has 0 aliphatic carbocycles. The summed E-state index contributed by atoms with van der Waals surface area (Å²) in [5.74, 6) is 1.69. The third-order valence-corrected chi connectivity index (χ3v) is 5.32. The van der Waals surface area contributed by atoms with Crippen LogP contribution in [0.3, 0.4) is 0 Å². The molecule has 1 atom stereocenters. The summed E-state index contributed by atoms with van der Waals surface area (Å²) in [6.07, 6.45) is 1.09. The molecule has 0 fully saturated rings. The second kappa shape index (κ2) is 10.1. The number of ether oxygens (including phenoxy) is 1. The molecule has 3 aromatic rings. The zero-order chi connectivity index (χ0) is 20.6. The first kappa shape index (κ1) is 20.9. The molecule has 0 spiro atoms. The summed E-state index contributed by atoms with van der Waals surface area (Å²) in [5.41, 5.74) is 3.16. The Morgan fingerprint density at radius 2 is 2.00 bits per heavy atom. The van der Waals surface area contributed by atoms with Crippen molar-refractivity contribution in [1.82, 2.24) is 10.2 Å². The van der Waals surface area contributed by atoms with Crippen LogP contribution in [-0.2, 0) is 11.4 Å².